The zero-order chi connectivity index (χ0) is 28.8. The number of nitrogens with zero attached hydrogens (tertiary/aromatic N) is 4. The number of halogens is 2. The molecule has 5 aliphatic rings. The molecule has 1 spiro atoms. The summed E-state index contributed by atoms with van der Waals surface area (Å²) in [5.74, 6) is 0.990. The van der Waals surface area contributed by atoms with Crippen LogP contribution in [-0.2, 0) is 11.2 Å². The van der Waals surface area contributed by atoms with E-state index in [1.54, 1.807) is 11.0 Å². The number of likely N-dealkylation sites (tertiary alicyclic amines) is 1. The Labute approximate surface area is 240 Å². The number of hydrogen-bond donors (Lipinski definition) is 0. The van der Waals surface area contributed by atoms with E-state index in [4.69, 9.17) is 26.1 Å². The third-order valence-corrected chi connectivity index (χ3v) is 9.94. The summed E-state index contributed by atoms with van der Waals surface area (Å²) in [5.41, 5.74) is 3.43. The minimum absolute atomic E-state index is 0.0566. The quantitative estimate of drug-likeness (QED) is 0.419. The van der Waals surface area contributed by atoms with Crippen molar-refractivity contribution in [3.8, 4) is 22.9 Å². The molecule has 1 amide bonds. The van der Waals surface area contributed by atoms with E-state index in [1.165, 1.54) is 13.2 Å². The molecule has 2 atom stereocenters. The van der Waals surface area contributed by atoms with Crippen LogP contribution in [0.25, 0.3) is 11.1 Å². The van der Waals surface area contributed by atoms with Gasteiger partial charge in [-0.25, -0.2) is 14.2 Å². The molecule has 0 radical (unpaired) electrons. The Bertz CT molecular complexity index is 1450. The average Bonchev–Trinajstić information content (AvgIpc) is 3.31. The Kier molecular flexibility index (Phi) is 6.09. The third kappa shape index (κ3) is 4.11. The number of ether oxygens (including phenoxy) is 2. The molecular formula is C31H36ClFN4O3. The normalized spacial score (nSPS) is 23.7. The lowest BCUT2D eigenvalue weighted by atomic mass is 9.48. The van der Waals surface area contributed by atoms with Crippen LogP contribution in [0.1, 0.15) is 70.2 Å². The van der Waals surface area contributed by atoms with Gasteiger partial charge in [0.05, 0.1) is 17.8 Å². The summed E-state index contributed by atoms with van der Waals surface area (Å²) in [6.07, 6.45) is 2.49. The number of carbonyl (C=O) groups is 1. The molecule has 2 saturated heterocycles. The fourth-order valence-electron chi connectivity index (χ4n) is 7.30. The van der Waals surface area contributed by atoms with Crippen LogP contribution in [0, 0.1) is 33.9 Å². The lowest BCUT2D eigenvalue weighted by Crippen LogP contribution is -2.60. The van der Waals surface area contributed by atoms with Crippen LogP contribution in [0.4, 0.5) is 15.0 Å². The average molecular weight is 567 g/mol. The maximum Gasteiger partial charge on any atom is 0.410 e. The van der Waals surface area contributed by atoms with E-state index in [0.717, 1.165) is 42.6 Å². The van der Waals surface area contributed by atoms with E-state index in [1.807, 2.05) is 20.8 Å². The van der Waals surface area contributed by atoms with E-state index in [0.29, 0.717) is 42.5 Å². The van der Waals surface area contributed by atoms with E-state index in [2.05, 4.69) is 24.8 Å². The first-order valence-corrected chi connectivity index (χ1v) is 14.4. The molecular weight excluding hydrogens is 531 g/mol. The highest BCUT2D eigenvalue weighted by Crippen LogP contribution is 2.63. The van der Waals surface area contributed by atoms with Gasteiger partial charge in [0.1, 0.15) is 23.1 Å². The zero-order valence-corrected chi connectivity index (χ0v) is 24.8. The number of anilines is 1. The lowest BCUT2D eigenvalue weighted by molar-refractivity contribution is -0.0266. The molecule has 40 heavy (non-hydrogen) atoms. The Balaban J connectivity index is 1.40. The number of nitriles is 1. The van der Waals surface area contributed by atoms with Gasteiger partial charge in [-0.3, -0.25) is 0 Å². The predicted molar refractivity (Wildman–Crippen MR) is 151 cm³/mol. The van der Waals surface area contributed by atoms with Crippen molar-refractivity contribution in [2.75, 3.05) is 38.2 Å². The molecule has 1 aromatic heterocycles. The monoisotopic (exact) mass is 566 g/mol. The van der Waals surface area contributed by atoms with E-state index < -0.39 is 11.4 Å². The second-order valence-corrected chi connectivity index (χ2v) is 14.1. The number of benzene rings is 1. The highest BCUT2D eigenvalue weighted by atomic mass is 35.5. The maximum absolute atomic E-state index is 14.5. The standard InChI is InChI=1S/C31H36ClFN4O3/c1-29(2,3)40-28(38)37-15-31(16-37)7-8-36(14-31)27-20(13-34)25(18-11-24(39-6)23(33)12-22(18)32)19-9-17-10-21(26(19)35-27)30(17,4)5/h11-12,17,21H,7-10,14-16H2,1-6H3. The number of aromatic nitrogens is 1. The van der Waals surface area contributed by atoms with Crippen LogP contribution < -0.4 is 9.64 Å². The molecule has 2 bridgehead atoms. The Morgan fingerprint density at radius 1 is 1.25 bits per heavy atom. The number of hydrogen-bond acceptors (Lipinski definition) is 6. The van der Waals surface area contributed by atoms with E-state index in [9.17, 15) is 14.4 Å². The van der Waals surface area contributed by atoms with Crippen molar-refractivity contribution in [1.82, 2.24) is 9.88 Å². The minimum atomic E-state index is -0.539. The smallest absolute Gasteiger partial charge is 0.410 e. The fraction of sp³-hybridized carbons (Fsp3) is 0.581. The molecule has 9 heteroatoms. The summed E-state index contributed by atoms with van der Waals surface area (Å²) in [7, 11) is 1.43. The molecule has 3 heterocycles. The van der Waals surface area contributed by atoms with Crippen molar-refractivity contribution < 1.29 is 18.7 Å². The van der Waals surface area contributed by atoms with Gasteiger partial charge in [-0.1, -0.05) is 25.4 Å². The Morgan fingerprint density at radius 3 is 2.60 bits per heavy atom. The van der Waals surface area contributed by atoms with Gasteiger partial charge in [-0.2, -0.15) is 5.26 Å². The predicted octanol–water partition coefficient (Wildman–Crippen LogP) is 6.55. The summed E-state index contributed by atoms with van der Waals surface area (Å²) < 4.78 is 25.4. The molecule has 1 saturated carbocycles. The second kappa shape index (κ2) is 8.97. The first-order valence-electron chi connectivity index (χ1n) is 14.0. The maximum atomic E-state index is 14.5. The molecule has 0 N–H and O–H groups in total. The highest BCUT2D eigenvalue weighted by Gasteiger charge is 2.55. The van der Waals surface area contributed by atoms with Crippen molar-refractivity contribution in [3.05, 3.63) is 39.8 Å². The van der Waals surface area contributed by atoms with Gasteiger partial charge in [0.2, 0.25) is 0 Å². The lowest BCUT2D eigenvalue weighted by Gasteiger charge is -2.57. The van der Waals surface area contributed by atoms with Crippen molar-refractivity contribution in [2.45, 2.75) is 65.4 Å². The van der Waals surface area contributed by atoms with Gasteiger partial charge in [-0.05, 0) is 69.1 Å². The molecule has 1 aromatic carbocycles. The molecule has 212 valence electrons. The van der Waals surface area contributed by atoms with Gasteiger partial charge < -0.3 is 19.3 Å². The molecule has 2 aromatic rings. The summed E-state index contributed by atoms with van der Waals surface area (Å²) in [6.45, 7) is 12.9. The largest absolute Gasteiger partial charge is 0.494 e. The molecule has 7 rings (SSSR count). The molecule has 3 fully saturated rings. The first kappa shape index (κ1) is 27.1. The second-order valence-electron chi connectivity index (χ2n) is 13.6. The van der Waals surface area contributed by atoms with Gasteiger partial charge in [0.25, 0.3) is 0 Å². The SMILES string of the molecule is COc1cc(-c2c(C#N)c(N3CCC4(CN(C(=O)OC(C)(C)C)C4)C3)nc3c2CC2CC3C2(C)C)c(Cl)cc1F. The van der Waals surface area contributed by atoms with Gasteiger partial charge in [-0.15, -0.1) is 0 Å². The highest BCUT2D eigenvalue weighted by molar-refractivity contribution is 6.33. The number of amides is 1. The van der Waals surface area contributed by atoms with Crippen LogP contribution in [0.15, 0.2) is 12.1 Å². The van der Waals surface area contributed by atoms with Crippen molar-refractivity contribution in [3.63, 3.8) is 0 Å². The summed E-state index contributed by atoms with van der Waals surface area (Å²) in [6, 6.07) is 5.33. The van der Waals surface area contributed by atoms with Crippen LogP contribution in [0.5, 0.6) is 5.75 Å². The topological polar surface area (TPSA) is 78.7 Å². The number of carbonyl (C=O) groups excluding carboxylic acids is 1. The van der Waals surface area contributed by atoms with Crippen LogP contribution in [0.2, 0.25) is 5.02 Å². The number of pyridine rings is 1. The zero-order valence-electron chi connectivity index (χ0n) is 24.0. The van der Waals surface area contributed by atoms with Crippen LogP contribution in [-0.4, -0.2) is 54.9 Å². The first-order chi connectivity index (χ1) is 18.8. The molecule has 2 aliphatic heterocycles. The molecule has 3 aliphatic carbocycles. The van der Waals surface area contributed by atoms with Crippen molar-refractivity contribution >= 4 is 23.5 Å². The summed E-state index contributed by atoms with van der Waals surface area (Å²) in [5, 5.41) is 10.8. The summed E-state index contributed by atoms with van der Waals surface area (Å²) in [4.78, 5) is 21.8. The van der Waals surface area contributed by atoms with Gasteiger partial charge in [0, 0.05) is 48.6 Å². The molecule has 7 nitrogen and oxygen atoms in total. The van der Waals surface area contributed by atoms with E-state index >= 15 is 0 Å². The fourth-order valence-corrected chi connectivity index (χ4v) is 7.54. The number of rotatable bonds is 3. The number of methoxy groups -OCH3 is 1. The van der Waals surface area contributed by atoms with E-state index in [-0.39, 0.29) is 33.6 Å². The van der Waals surface area contributed by atoms with Gasteiger partial charge >= 0.3 is 6.09 Å². The Morgan fingerprint density at radius 2 is 1.98 bits per heavy atom. The van der Waals surface area contributed by atoms with Gasteiger partial charge in [0.15, 0.2) is 11.6 Å². The van der Waals surface area contributed by atoms with Crippen molar-refractivity contribution in [1.29, 1.82) is 5.26 Å². The Hall–Kier alpha value is -3.05. The van der Waals surface area contributed by atoms with Crippen molar-refractivity contribution in [2.24, 2.45) is 16.7 Å². The summed E-state index contributed by atoms with van der Waals surface area (Å²) >= 11 is 6.66. The third-order valence-electron chi connectivity index (χ3n) is 9.63. The minimum Gasteiger partial charge on any atom is -0.494 e. The van der Waals surface area contributed by atoms with Crippen LogP contribution in [0.3, 0.4) is 0 Å². The van der Waals surface area contributed by atoms with Crippen LogP contribution >= 0.6 is 11.6 Å². The molecule has 2 unspecified atom stereocenters.